The number of halogens is 1. The van der Waals surface area contributed by atoms with E-state index in [1.165, 1.54) is 22.7 Å². The summed E-state index contributed by atoms with van der Waals surface area (Å²) >= 11 is 6.18. The number of nitrogens with zero attached hydrogens (tertiary/aromatic N) is 2. The van der Waals surface area contributed by atoms with E-state index in [1.54, 1.807) is 12.1 Å². The van der Waals surface area contributed by atoms with E-state index in [0.717, 1.165) is 19.8 Å². The highest BCUT2D eigenvalue weighted by Gasteiger charge is 2.18. The molecule has 2 aromatic heterocycles. The monoisotopic (exact) mass is 422 g/mol. The van der Waals surface area contributed by atoms with Crippen molar-refractivity contribution in [2.45, 2.75) is 6.54 Å². The number of carbonyl (C=O) groups is 1. The normalized spacial score (nSPS) is 13.6. The zero-order valence-corrected chi connectivity index (χ0v) is 15.5. The fraction of sp³-hybridized carbons (Fsp3) is 0.125. The van der Waals surface area contributed by atoms with Crippen molar-refractivity contribution in [1.29, 1.82) is 0 Å². The molecule has 0 aliphatic carbocycles. The third-order valence-corrected chi connectivity index (χ3v) is 6.12. The number of aromatic nitrogens is 1. The highest BCUT2D eigenvalue weighted by atomic mass is 79.9. The summed E-state index contributed by atoms with van der Waals surface area (Å²) in [5, 5.41) is 0. The lowest BCUT2D eigenvalue weighted by atomic mass is 10.3. The molecule has 1 amide bonds. The zero-order valence-electron chi connectivity index (χ0n) is 12.3. The molecule has 122 valence electrons. The van der Waals surface area contributed by atoms with Gasteiger partial charge in [0, 0.05) is 18.7 Å². The molecule has 0 bridgehead atoms. The van der Waals surface area contributed by atoms with Crippen molar-refractivity contribution >= 4 is 54.7 Å². The summed E-state index contributed by atoms with van der Waals surface area (Å²) in [6, 6.07) is 7.45. The summed E-state index contributed by atoms with van der Waals surface area (Å²) in [4.78, 5) is 17.9. The second kappa shape index (κ2) is 6.19. The highest BCUT2D eigenvalue weighted by molar-refractivity contribution is 9.11. The molecule has 0 N–H and O–H groups in total. The second-order valence-corrected chi connectivity index (χ2v) is 8.45. The molecule has 0 atom stereocenters. The van der Waals surface area contributed by atoms with E-state index in [2.05, 4.69) is 27.5 Å². The van der Waals surface area contributed by atoms with Gasteiger partial charge in [0.05, 0.1) is 18.9 Å². The topological polar surface area (TPSA) is 52.8 Å². The first-order valence-electron chi connectivity index (χ1n) is 7.04. The van der Waals surface area contributed by atoms with Crippen LogP contribution in [-0.2, 0) is 6.54 Å². The summed E-state index contributed by atoms with van der Waals surface area (Å²) in [5.41, 5.74) is 0.947. The van der Waals surface area contributed by atoms with Crippen LogP contribution in [0.3, 0.4) is 0 Å². The fourth-order valence-corrected chi connectivity index (χ4v) is 4.74. The van der Waals surface area contributed by atoms with Gasteiger partial charge in [-0.1, -0.05) is 17.4 Å². The zero-order chi connectivity index (χ0) is 16.7. The van der Waals surface area contributed by atoms with Crippen LogP contribution in [0.4, 0.5) is 0 Å². The first-order chi connectivity index (χ1) is 11.7. The number of ether oxygens (including phenoxy) is 2. The predicted molar refractivity (Wildman–Crippen MR) is 98.0 cm³/mol. The molecular weight excluding hydrogens is 412 g/mol. The summed E-state index contributed by atoms with van der Waals surface area (Å²) in [7, 11) is 0. The number of rotatable bonds is 3. The predicted octanol–water partition coefficient (Wildman–Crippen LogP) is 4.18. The van der Waals surface area contributed by atoms with E-state index >= 15 is 0 Å². The van der Waals surface area contributed by atoms with E-state index in [9.17, 15) is 4.79 Å². The Hall–Kier alpha value is -1.90. The Morgan fingerprint density at radius 3 is 2.83 bits per heavy atom. The van der Waals surface area contributed by atoms with Crippen LogP contribution in [0.25, 0.3) is 10.2 Å². The third-order valence-electron chi connectivity index (χ3n) is 3.47. The largest absolute Gasteiger partial charge is 0.454 e. The van der Waals surface area contributed by atoms with Gasteiger partial charge in [0.15, 0.2) is 16.3 Å². The quantitative estimate of drug-likeness (QED) is 0.594. The number of fused-ring (bicyclic) bond motifs is 2. The Morgan fingerprint density at radius 1 is 1.33 bits per heavy atom. The minimum atomic E-state index is -0.255. The number of hydrogen-bond donors (Lipinski definition) is 0. The Morgan fingerprint density at radius 2 is 2.12 bits per heavy atom. The van der Waals surface area contributed by atoms with Crippen molar-refractivity contribution in [3.8, 4) is 11.5 Å². The van der Waals surface area contributed by atoms with E-state index in [4.69, 9.17) is 9.47 Å². The Balaban J connectivity index is 1.88. The molecule has 1 aliphatic rings. The number of benzene rings is 1. The van der Waals surface area contributed by atoms with Gasteiger partial charge in [0.25, 0.3) is 5.91 Å². The first kappa shape index (κ1) is 15.6. The smallest absolute Gasteiger partial charge is 0.289 e. The molecule has 1 aromatic carbocycles. The van der Waals surface area contributed by atoms with E-state index in [1.807, 2.05) is 22.8 Å². The molecule has 0 saturated heterocycles. The number of allylic oxidation sites excluding steroid dienone is 1. The number of thiophene rings is 1. The Kier molecular flexibility index (Phi) is 4.03. The van der Waals surface area contributed by atoms with Crippen molar-refractivity contribution in [3.63, 3.8) is 0 Å². The minimum absolute atomic E-state index is 0.233. The van der Waals surface area contributed by atoms with Crippen LogP contribution in [0.1, 0.15) is 9.67 Å². The number of thiazole rings is 1. The fourth-order valence-electron chi connectivity index (χ4n) is 2.42. The molecule has 0 fully saturated rings. The molecule has 0 spiro atoms. The Labute approximate surface area is 153 Å². The highest BCUT2D eigenvalue weighted by Crippen LogP contribution is 2.37. The van der Waals surface area contributed by atoms with Crippen LogP contribution in [0, 0.1) is 0 Å². The number of hydrogen-bond acceptors (Lipinski definition) is 5. The molecule has 0 unspecified atom stereocenters. The average molecular weight is 423 g/mol. The van der Waals surface area contributed by atoms with Crippen LogP contribution in [-0.4, -0.2) is 17.3 Å². The summed E-state index contributed by atoms with van der Waals surface area (Å²) < 4.78 is 14.7. The molecule has 8 heteroatoms. The molecule has 4 rings (SSSR count). The van der Waals surface area contributed by atoms with Crippen molar-refractivity contribution in [1.82, 2.24) is 4.57 Å². The lowest BCUT2D eigenvalue weighted by Gasteiger charge is -2.02. The van der Waals surface area contributed by atoms with Crippen LogP contribution < -0.4 is 14.3 Å². The number of carbonyl (C=O) groups excluding carboxylic acids is 1. The van der Waals surface area contributed by atoms with Gasteiger partial charge in [-0.3, -0.25) is 4.79 Å². The van der Waals surface area contributed by atoms with E-state index in [0.29, 0.717) is 22.0 Å². The van der Waals surface area contributed by atoms with Gasteiger partial charge in [-0.2, -0.15) is 4.99 Å². The van der Waals surface area contributed by atoms with E-state index < -0.39 is 0 Å². The lowest BCUT2D eigenvalue weighted by Crippen LogP contribution is -2.15. The molecule has 3 aromatic rings. The van der Waals surface area contributed by atoms with Crippen molar-refractivity contribution in [2.24, 2.45) is 4.99 Å². The summed E-state index contributed by atoms with van der Waals surface area (Å²) in [5.74, 6) is 1.17. The lowest BCUT2D eigenvalue weighted by molar-refractivity contribution is 0.100. The molecule has 0 radical (unpaired) electrons. The average Bonchev–Trinajstić information content (AvgIpc) is 3.25. The molecule has 5 nitrogen and oxygen atoms in total. The second-order valence-electron chi connectivity index (χ2n) is 4.98. The third kappa shape index (κ3) is 2.70. The van der Waals surface area contributed by atoms with Gasteiger partial charge in [-0.25, -0.2) is 0 Å². The Bertz CT molecular complexity index is 1030. The van der Waals surface area contributed by atoms with Crippen LogP contribution in [0.2, 0.25) is 0 Å². The van der Waals surface area contributed by atoms with Gasteiger partial charge in [0.1, 0.15) is 0 Å². The SMILES string of the molecule is C=CCn1c(=NC(=O)c2ccc(Br)s2)sc2cc3c(cc21)OCO3. The van der Waals surface area contributed by atoms with Crippen molar-refractivity contribution < 1.29 is 14.3 Å². The van der Waals surface area contributed by atoms with Crippen molar-refractivity contribution in [3.05, 3.63) is 50.4 Å². The van der Waals surface area contributed by atoms with Crippen molar-refractivity contribution in [2.75, 3.05) is 6.79 Å². The maximum Gasteiger partial charge on any atom is 0.289 e. The van der Waals surface area contributed by atoms with Crippen LogP contribution in [0.5, 0.6) is 11.5 Å². The molecule has 0 saturated carbocycles. The van der Waals surface area contributed by atoms with Crippen LogP contribution >= 0.6 is 38.6 Å². The van der Waals surface area contributed by atoms with Gasteiger partial charge >= 0.3 is 0 Å². The maximum absolute atomic E-state index is 12.4. The molecular formula is C16H11BrN2O3S2. The van der Waals surface area contributed by atoms with Gasteiger partial charge in [-0.05, 0) is 28.1 Å². The molecule has 1 aliphatic heterocycles. The molecule has 24 heavy (non-hydrogen) atoms. The van der Waals surface area contributed by atoms with E-state index in [-0.39, 0.29) is 12.7 Å². The minimum Gasteiger partial charge on any atom is -0.454 e. The maximum atomic E-state index is 12.4. The van der Waals surface area contributed by atoms with Gasteiger partial charge < -0.3 is 14.0 Å². The van der Waals surface area contributed by atoms with Gasteiger partial charge in [-0.15, -0.1) is 17.9 Å². The summed E-state index contributed by atoms with van der Waals surface area (Å²) in [6.45, 7) is 4.58. The van der Waals surface area contributed by atoms with Crippen LogP contribution in [0.15, 0.2) is 45.7 Å². The standard InChI is InChI=1S/C16H11BrN2O3S2/c1-2-5-19-9-6-10-11(22-8-21-10)7-13(9)24-16(19)18-15(20)12-3-4-14(17)23-12/h2-4,6-7H,1,5,8H2. The molecule has 3 heterocycles. The first-order valence-corrected chi connectivity index (χ1v) is 9.46. The van der Waals surface area contributed by atoms with Gasteiger partial charge in [0.2, 0.25) is 6.79 Å². The number of amides is 1. The summed E-state index contributed by atoms with van der Waals surface area (Å²) in [6.07, 6.45) is 1.78.